The molecule has 0 rings (SSSR count). The van der Waals surface area contributed by atoms with E-state index in [1.165, 1.54) is 13.8 Å². The molecule has 1 unspecified atom stereocenters. The molecular weight excluding hydrogens is 379 g/mol. The summed E-state index contributed by atoms with van der Waals surface area (Å²) in [4.78, 5) is 22.9. The summed E-state index contributed by atoms with van der Waals surface area (Å²) in [5.74, 6) is 0.947. The molecule has 0 saturated heterocycles. The minimum Gasteiger partial charge on any atom is -0.448 e. The van der Waals surface area contributed by atoms with Gasteiger partial charge in [-0.15, -0.1) is 0 Å². The number of rotatable bonds is 16. The van der Waals surface area contributed by atoms with Gasteiger partial charge in [-0.25, -0.2) is 4.79 Å². The molecule has 0 bridgehead atoms. The van der Waals surface area contributed by atoms with E-state index in [9.17, 15) is 14.2 Å². The molecule has 0 spiro atoms. The van der Waals surface area contributed by atoms with Crippen LogP contribution in [0.15, 0.2) is 0 Å². The van der Waals surface area contributed by atoms with Crippen molar-refractivity contribution < 1.29 is 27.9 Å². The van der Waals surface area contributed by atoms with Crippen molar-refractivity contribution in [3.05, 3.63) is 0 Å². The lowest BCUT2D eigenvalue weighted by Crippen LogP contribution is -2.31. The van der Waals surface area contributed by atoms with Crippen LogP contribution in [0.4, 0.5) is 4.79 Å². The highest BCUT2D eigenvalue weighted by Crippen LogP contribution is 2.42. The van der Waals surface area contributed by atoms with Crippen molar-refractivity contribution in [3.8, 4) is 0 Å². The van der Waals surface area contributed by atoms with Gasteiger partial charge in [0.15, 0.2) is 0 Å². The Balaban J connectivity index is 3.39. The van der Waals surface area contributed by atoms with Gasteiger partial charge >= 0.3 is 13.7 Å². The standard InChI is InChI=1S/C16H33N2O6PS/c1-22-25(2,21)24-12-7-5-4-6-10-18-16(20)23-13-11-17-15(19)9-8-14-26-3/h4-14H2,1-3H3,(H,17,19)(H,18,20). The maximum absolute atomic E-state index is 11.5. The molecule has 0 aliphatic carbocycles. The van der Waals surface area contributed by atoms with E-state index >= 15 is 0 Å². The predicted molar refractivity (Wildman–Crippen MR) is 105 cm³/mol. The molecule has 1 atom stereocenters. The first-order chi connectivity index (χ1) is 12.4. The number of hydrogen-bond acceptors (Lipinski definition) is 7. The van der Waals surface area contributed by atoms with Crippen LogP contribution in [0.5, 0.6) is 0 Å². The molecule has 10 heteroatoms. The van der Waals surface area contributed by atoms with Gasteiger partial charge in [0.2, 0.25) is 5.91 Å². The first-order valence-electron chi connectivity index (χ1n) is 8.85. The third-order valence-electron chi connectivity index (χ3n) is 3.41. The fourth-order valence-electron chi connectivity index (χ4n) is 1.90. The van der Waals surface area contributed by atoms with Crippen LogP contribution in [-0.4, -0.2) is 64.1 Å². The third kappa shape index (κ3) is 16.7. The lowest BCUT2D eigenvalue weighted by molar-refractivity contribution is -0.121. The fraction of sp³-hybridized carbons (Fsp3) is 0.875. The van der Waals surface area contributed by atoms with Crippen molar-refractivity contribution in [3.63, 3.8) is 0 Å². The summed E-state index contributed by atoms with van der Waals surface area (Å²) in [5.41, 5.74) is 0. The molecule has 0 aliphatic heterocycles. The van der Waals surface area contributed by atoms with Gasteiger partial charge in [-0.1, -0.05) is 12.8 Å². The van der Waals surface area contributed by atoms with E-state index in [0.717, 1.165) is 37.9 Å². The first-order valence-corrected chi connectivity index (χ1v) is 12.2. The van der Waals surface area contributed by atoms with Gasteiger partial charge in [-0.05, 0) is 31.3 Å². The molecule has 0 aromatic carbocycles. The van der Waals surface area contributed by atoms with E-state index in [2.05, 4.69) is 10.6 Å². The fourth-order valence-corrected chi connectivity index (χ4v) is 2.90. The molecule has 0 aromatic rings. The van der Waals surface area contributed by atoms with Crippen molar-refractivity contribution in [1.82, 2.24) is 10.6 Å². The summed E-state index contributed by atoms with van der Waals surface area (Å²) in [6.45, 7) is 2.87. The minimum atomic E-state index is -2.88. The van der Waals surface area contributed by atoms with E-state index in [-0.39, 0.29) is 12.5 Å². The molecule has 2 amide bonds. The second kappa shape index (κ2) is 16.4. The zero-order valence-corrected chi connectivity index (χ0v) is 17.8. The van der Waals surface area contributed by atoms with Crippen LogP contribution in [0.1, 0.15) is 38.5 Å². The van der Waals surface area contributed by atoms with Crippen LogP contribution >= 0.6 is 19.4 Å². The Labute approximate surface area is 161 Å². The lowest BCUT2D eigenvalue weighted by Gasteiger charge is -2.11. The molecule has 154 valence electrons. The monoisotopic (exact) mass is 412 g/mol. The number of alkyl carbamates (subject to hydrolysis) is 1. The number of thioether (sulfide) groups is 1. The van der Waals surface area contributed by atoms with Crippen LogP contribution in [-0.2, 0) is 23.1 Å². The summed E-state index contributed by atoms with van der Waals surface area (Å²) in [5, 5.41) is 5.38. The van der Waals surface area contributed by atoms with E-state index < -0.39 is 13.7 Å². The van der Waals surface area contributed by atoms with Gasteiger partial charge in [0.1, 0.15) is 6.61 Å². The van der Waals surface area contributed by atoms with Gasteiger partial charge in [-0.3, -0.25) is 9.36 Å². The molecule has 0 radical (unpaired) electrons. The van der Waals surface area contributed by atoms with E-state index in [4.69, 9.17) is 13.8 Å². The van der Waals surface area contributed by atoms with Crippen molar-refractivity contribution in [2.75, 3.05) is 52.1 Å². The lowest BCUT2D eigenvalue weighted by atomic mass is 10.2. The minimum absolute atomic E-state index is 0.0167. The van der Waals surface area contributed by atoms with Gasteiger partial charge in [-0.2, -0.15) is 11.8 Å². The number of ether oxygens (including phenoxy) is 1. The Morgan fingerprint density at radius 2 is 1.73 bits per heavy atom. The first kappa shape index (κ1) is 25.2. The average molecular weight is 412 g/mol. The van der Waals surface area contributed by atoms with Gasteiger partial charge in [0, 0.05) is 26.7 Å². The maximum Gasteiger partial charge on any atom is 0.407 e. The van der Waals surface area contributed by atoms with Crippen molar-refractivity contribution in [1.29, 1.82) is 0 Å². The zero-order chi connectivity index (χ0) is 19.7. The van der Waals surface area contributed by atoms with Gasteiger partial charge < -0.3 is 24.4 Å². The predicted octanol–water partition coefficient (Wildman–Crippen LogP) is 3.02. The zero-order valence-electron chi connectivity index (χ0n) is 16.1. The highest BCUT2D eigenvalue weighted by Gasteiger charge is 2.13. The largest absolute Gasteiger partial charge is 0.448 e. The SMILES string of the molecule is COP(C)(=O)OCCCCCCNC(=O)OCCNC(=O)CCCSC. The molecule has 0 fully saturated rings. The van der Waals surface area contributed by atoms with E-state index in [1.54, 1.807) is 11.8 Å². The molecule has 0 saturated carbocycles. The summed E-state index contributed by atoms with van der Waals surface area (Å²) >= 11 is 1.71. The van der Waals surface area contributed by atoms with Gasteiger partial charge in [0.05, 0.1) is 13.2 Å². The van der Waals surface area contributed by atoms with Crippen LogP contribution < -0.4 is 10.6 Å². The Hall–Kier alpha value is -0.760. The number of amides is 2. The molecule has 26 heavy (non-hydrogen) atoms. The molecule has 0 heterocycles. The molecule has 2 N–H and O–H groups in total. The Morgan fingerprint density at radius 1 is 1.00 bits per heavy atom. The number of carbonyl (C=O) groups is 2. The van der Waals surface area contributed by atoms with Crippen LogP contribution in [0.3, 0.4) is 0 Å². The summed E-state index contributed by atoms with van der Waals surface area (Å²) in [6, 6.07) is 0. The second-order valence-corrected chi connectivity index (χ2v) is 8.86. The third-order valence-corrected chi connectivity index (χ3v) is 5.42. The van der Waals surface area contributed by atoms with Crippen LogP contribution in [0.25, 0.3) is 0 Å². The Bertz CT molecular complexity index is 439. The summed E-state index contributed by atoms with van der Waals surface area (Å²) in [7, 11) is -1.51. The number of carbonyl (C=O) groups excluding carboxylic acids is 2. The van der Waals surface area contributed by atoms with Gasteiger partial charge in [0.25, 0.3) is 0 Å². The van der Waals surface area contributed by atoms with Crippen LogP contribution in [0.2, 0.25) is 0 Å². The maximum atomic E-state index is 11.5. The summed E-state index contributed by atoms with van der Waals surface area (Å²) in [6.07, 6.45) is 6.35. The van der Waals surface area contributed by atoms with Crippen molar-refractivity contribution >= 4 is 31.4 Å². The Morgan fingerprint density at radius 3 is 2.42 bits per heavy atom. The molecule has 0 aromatic heterocycles. The number of hydrogen-bond donors (Lipinski definition) is 2. The highest BCUT2D eigenvalue weighted by molar-refractivity contribution is 7.98. The highest BCUT2D eigenvalue weighted by atomic mass is 32.2. The molecule has 0 aliphatic rings. The molecule has 8 nitrogen and oxygen atoms in total. The topological polar surface area (TPSA) is 103 Å². The normalized spacial score (nSPS) is 13.0. The molecular formula is C16H33N2O6PS. The summed E-state index contributed by atoms with van der Waals surface area (Å²) < 4.78 is 26.3. The smallest absolute Gasteiger partial charge is 0.407 e. The second-order valence-electron chi connectivity index (χ2n) is 5.71. The van der Waals surface area contributed by atoms with Crippen molar-refractivity contribution in [2.24, 2.45) is 0 Å². The van der Waals surface area contributed by atoms with E-state index in [1.807, 2.05) is 6.26 Å². The Kier molecular flexibility index (Phi) is 15.9. The van der Waals surface area contributed by atoms with E-state index in [0.29, 0.717) is 26.1 Å². The quantitative estimate of drug-likeness (QED) is 0.297. The number of nitrogens with one attached hydrogen (secondary N) is 2. The van der Waals surface area contributed by atoms with Crippen LogP contribution in [0, 0.1) is 0 Å². The number of unbranched alkanes of at least 4 members (excludes halogenated alkanes) is 3. The average Bonchev–Trinajstić information content (AvgIpc) is 2.61. The van der Waals surface area contributed by atoms with Crippen molar-refractivity contribution in [2.45, 2.75) is 38.5 Å².